The van der Waals surface area contributed by atoms with Gasteiger partial charge in [0.15, 0.2) is 0 Å². The highest BCUT2D eigenvalue weighted by Gasteiger charge is 2.01. The van der Waals surface area contributed by atoms with E-state index in [1.54, 1.807) is 0 Å². The molecule has 0 atom stereocenters. The van der Waals surface area contributed by atoms with E-state index in [1.165, 1.54) is 372 Å². The molecule has 0 aromatic heterocycles. The summed E-state index contributed by atoms with van der Waals surface area (Å²) in [7, 11) is 0. The van der Waals surface area contributed by atoms with Gasteiger partial charge in [0.2, 0.25) is 0 Å². The van der Waals surface area contributed by atoms with Crippen LogP contribution in [-0.2, 0) is 19.1 Å². The van der Waals surface area contributed by atoms with Crippen LogP contribution in [0.1, 0.15) is 413 Å². The second kappa shape index (κ2) is 88.1. The summed E-state index contributed by atoms with van der Waals surface area (Å²) in [5.41, 5.74) is 0. The van der Waals surface area contributed by atoms with E-state index in [0.717, 1.165) is 24.3 Å². The van der Waals surface area contributed by atoms with Crippen LogP contribution < -0.4 is 0 Å². The molecule has 0 aliphatic carbocycles. The molecule has 484 valence electrons. The van der Waals surface area contributed by atoms with Crippen molar-refractivity contribution in [2.24, 2.45) is 0 Å². The van der Waals surface area contributed by atoms with E-state index >= 15 is 0 Å². The fourth-order valence-corrected chi connectivity index (χ4v) is 11.0. The molecular formula is C72H148O4S4. The van der Waals surface area contributed by atoms with Crippen molar-refractivity contribution in [2.75, 3.05) is 36.2 Å². The Kier molecular flexibility index (Phi) is 95.6. The third kappa shape index (κ3) is 94.7. The quantitative estimate of drug-likeness (QED) is 0.0279. The van der Waals surface area contributed by atoms with Crippen LogP contribution in [0.25, 0.3) is 0 Å². The van der Waals surface area contributed by atoms with Gasteiger partial charge in [0.1, 0.15) is 0 Å². The first-order valence-electron chi connectivity index (χ1n) is 36.2. The Morgan fingerprint density at radius 3 is 0.450 bits per heavy atom. The van der Waals surface area contributed by atoms with Crippen LogP contribution in [-0.4, -0.2) is 48.2 Å². The van der Waals surface area contributed by atoms with Crippen LogP contribution in [0.15, 0.2) is 0 Å². The van der Waals surface area contributed by atoms with Crippen LogP contribution in [0.3, 0.4) is 0 Å². The van der Waals surface area contributed by atoms with E-state index in [4.69, 9.17) is 9.47 Å². The summed E-state index contributed by atoms with van der Waals surface area (Å²) in [4.78, 5) is 21.7. The summed E-state index contributed by atoms with van der Waals surface area (Å²) in [6, 6.07) is 0. The summed E-state index contributed by atoms with van der Waals surface area (Å²) < 4.78 is 9.98. The van der Waals surface area contributed by atoms with Crippen LogP contribution in [0, 0.1) is 0 Å². The maximum Gasteiger partial charge on any atom is 0.315 e. The molecule has 0 aliphatic heterocycles. The van der Waals surface area contributed by atoms with E-state index < -0.39 is 0 Å². The third-order valence-corrected chi connectivity index (χ3v) is 17.0. The molecule has 0 heterocycles. The number of unbranched alkanes of at least 4 members (excludes halogenated alkanes) is 56. The van der Waals surface area contributed by atoms with Gasteiger partial charge < -0.3 is 9.47 Å². The maximum absolute atomic E-state index is 10.9. The molecule has 0 saturated heterocycles. The Hall–Kier alpha value is 0.340. The van der Waals surface area contributed by atoms with Gasteiger partial charge in [-0.15, -0.1) is 0 Å². The van der Waals surface area contributed by atoms with E-state index in [1.807, 2.05) is 0 Å². The summed E-state index contributed by atoms with van der Waals surface area (Å²) in [6.07, 6.45) is 83.9. The van der Waals surface area contributed by atoms with Crippen LogP contribution >= 0.6 is 50.5 Å². The van der Waals surface area contributed by atoms with Crippen LogP contribution in [0.2, 0.25) is 0 Å². The Bertz CT molecular complexity index is 1020. The van der Waals surface area contributed by atoms with Gasteiger partial charge in [0.05, 0.1) is 24.7 Å². The molecule has 8 heteroatoms. The zero-order valence-corrected chi connectivity index (χ0v) is 58.7. The second-order valence-corrected chi connectivity index (χ2v) is 25.5. The van der Waals surface area contributed by atoms with Gasteiger partial charge in [-0.25, -0.2) is 0 Å². The first-order valence-corrected chi connectivity index (χ1v) is 38.7. The van der Waals surface area contributed by atoms with Gasteiger partial charge in [-0.05, 0) is 37.2 Å². The highest BCUT2D eigenvalue weighted by atomic mass is 32.1. The number of hydrogen-bond acceptors (Lipinski definition) is 8. The number of rotatable bonds is 64. The SMILES string of the molecule is CCCCCCCCCCCCCCCCCCOC(=O)CS.CCCCCCCCCCCCCCCCCCS.CCCCCCCCCCCCCCCCOC(=O)CS.CCCCCCCCCCCCCCCCS. The van der Waals surface area contributed by atoms with Crippen molar-refractivity contribution >= 4 is 62.5 Å². The summed E-state index contributed by atoms with van der Waals surface area (Å²) >= 11 is 16.2. The second-order valence-electron chi connectivity index (χ2n) is 24.0. The highest BCUT2D eigenvalue weighted by molar-refractivity contribution is 7.81. The van der Waals surface area contributed by atoms with Crippen LogP contribution in [0.4, 0.5) is 0 Å². The molecule has 0 bridgehead atoms. The smallest absolute Gasteiger partial charge is 0.315 e. The lowest BCUT2D eigenvalue weighted by atomic mass is 10.0. The molecule has 0 rings (SSSR count). The third-order valence-electron chi connectivity index (χ3n) is 15.8. The van der Waals surface area contributed by atoms with Gasteiger partial charge in [-0.3, -0.25) is 9.59 Å². The largest absolute Gasteiger partial charge is 0.465 e. The van der Waals surface area contributed by atoms with Crippen molar-refractivity contribution in [2.45, 2.75) is 413 Å². The molecule has 0 fully saturated rings. The van der Waals surface area contributed by atoms with Gasteiger partial charge in [-0.1, -0.05) is 387 Å². The molecule has 0 saturated carbocycles. The lowest BCUT2D eigenvalue weighted by molar-refractivity contribution is -0.141. The number of carbonyl (C=O) groups is 2. The lowest BCUT2D eigenvalue weighted by Gasteiger charge is -2.04. The molecule has 80 heavy (non-hydrogen) atoms. The van der Waals surface area contributed by atoms with E-state index in [0.29, 0.717) is 13.2 Å². The number of carbonyl (C=O) groups excluding carboxylic acids is 2. The minimum atomic E-state index is -0.201. The van der Waals surface area contributed by atoms with Crippen molar-refractivity contribution in [1.29, 1.82) is 0 Å². The number of esters is 2. The Morgan fingerprint density at radius 2 is 0.325 bits per heavy atom. The molecule has 4 nitrogen and oxygen atoms in total. The standard InChI is InChI=1S/C20H40O2S.C18H36O2S.C18H38S.C16H34S/c1-2-3-4-5-6-7-8-9-10-11-12-13-14-15-16-17-18-22-20(21)19-23;1-2-3-4-5-6-7-8-9-10-11-12-13-14-15-16-20-18(19)17-21;1-2-3-4-5-6-7-8-9-10-11-12-13-14-15-16-17-18-19;1-2-3-4-5-6-7-8-9-10-11-12-13-14-15-16-17/h23H,2-19H2,1H3;21H,2-17H2,1H3;19H,2-18H2,1H3;17H,2-16H2,1H3. The Balaban J connectivity index is -0.000000484. The highest BCUT2D eigenvalue weighted by Crippen LogP contribution is 2.18. The molecule has 0 aromatic rings. The normalized spacial score (nSPS) is 10.9. The average molecular weight is 1210 g/mol. The van der Waals surface area contributed by atoms with Gasteiger partial charge in [0.25, 0.3) is 0 Å². The first kappa shape index (κ1) is 86.8. The first-order chi connectivity index (χ1) is 39.4. The molecule has 0 amide bonds. The minimum absolute atomic E-state index is 0.193. The van der Waals surface area contributed by atoms with Gasteiger partial charge in [-0.2, -0.15) is 50.5 Å². The van der Waals surface area contributed by atoms with Gasteiger partial charge >= 0.3 is 11.9 Å². The van der Waals surface area contributed by atoms with E-state index in [-0.39, 0.29) is 23.4 Å². The number of ether oxygens (including phenoxy) is 2. The molecule has 0 N–H and O–H groups in total. The molecule has 0 aromatic carbocycles. The fourth-order valence-electron chi connectivity index (χ4n) is 10.4. The lowest BCUT2D eigenvalue weighted by Crippen LogP contribution is -2.06. The van der Waals surface area contributed by atoms with E-state index in [2.05, 4.69) is 78.2 Å². The predicted molar refractivity (Wildman–Crippen MR) is 377 cm³/mol. The molecule has 0 spiro atoms. The zero-order valence-electron chi connectivity index (χ0n) is 55.1. The number of hydrogen-bond donors (Lipinski definition) is 4. The van der Waals surface area contributed by atoms with Gasteiger partial charge in [0, 0.05) is 0 Å². The monoisotopic (exact) mass is 1210 g/mol. The van der Waals surface area contributed by atoms with Crippen molar-refractivity contribution in [1.82, 2.24) is 0 Å². The Labute approximate surface area is 527 Å². The van der Waals surface area contributed by atoms with E-state index in [9.17, 15) is 9.59 Å². The fraction of sp³-hybridized carbons (Fsp3) is 0.972. The Morgan fingerprint density at radius 1 is 0.200 bits per heavy atom. The number of thiol groups is 4. The maximum atomic E-state index is 10.9. The van der Waals surface area contributed by atoms with Crippen molar-refractivity contribution in [3.63, 3.8) is 0 Å². The predicted octanol–water partition coefficient (Wildman–Crippen LogP) is 26.2. The van der Waals surface area contributed by atoms with Crippen molar-refractivity contribution < 1.29 is 19.1 Å². The summed E-state index contributed by atoms with van der Waals surface area (Å²) in [5, 5.41) is 0. The molecule has 0 aliphatic rings. The molecule has 0 unspecified atom stereocenters. The molecular weight excluding hydrogens is 1060 g/mol. The summed E-state index contributed by atoms with van der Waals surface area (Å²) in [5.74, 6) is 2.12. The minimum Gasteiger partial charge on any atom is -0.465 e. The molecule has 0 radical (unpaired) electrons. The zero-order chi connectivity index (χ0) is 59.2. The topological polar surface area (TPSA) is 52.6 Å². The van der Waals surface area contributed by atoms with Crippen LogP contribution in [0.5, 0.6) is 0 Å². The van der Waals surface area contributed by atoms with Crippen molar-refractivity contribution in [3.8, 4) is 0 Å². The average Bonchev–Trinajstić information content (AvgIpc) is 3.47. The summed E-state index contributed by atoms with van der Waals surface area (Å²) in [6.45, 7) is 10.3. The van der Waals surface area contributed by atoms with Crippen molar-refractivity contribution in [3.05, 3.63) is 0 Å².